The van der Waals surface area contributed by atoms with E-state index in [-0.39, 0.29) is 16.5 Å². The average molecular weight is 440 g/mol. The van der Waals surface area contributed by atoms with Crippen molar-refractivity contribution >= 4 is 46.8 Å². The Labute approximate surface area is 176 Å². The number of ether oxygens (including phenoxy) is 4. The molecule has 1 atom stereocenters. The highest BCUT2D eigenvalue weighted by atomic mass is 35.5. The molecule has 0 fully saturated rings. The van der Waals surface area contributed by atoms with Crippen LogP contribution < -0.4 is 14.4 Å². The fourth-order valence-corrected chi connectivity index (χ4v) is 4.19. The van der Waals surface area contributed by atoms with E-state index in [1.54, 1.807) is 18.2 Å². The summed E-state index contributed by atoms with van der Waals surface area (Å²) < 4.78 is 20.6. The summed E-state index contributed by atoms with van der Waals surface area (Å²) in [6.45, 7) is 2.64. The van der Waals surface area contributed by atoms with Gasteiger partial charge in [-0.3, -0.25) is 4.79 Å². The summed E-state index contributed by atoms with van der Waals surface area (Å²) >= 11 is 7.61. The van der Waals surface area contributed by atoms with Gasteiger partial charge in [0, 0.05) is 24.8 Å². The lowest BCUT2D eigenvalue weighted by atomic mass is 10.2. The van der Waals surface area contributed by atoms with Crippen LogP contribution in [-0.4, -0.2) is 37.7 Å². The first kappa shape index (κ1) is 20.9. The number of benzene rings is 2. The average Bonchev–Trinajstić information content (AvgIpc) is 2.67. The van der Waals surface area contributed by atoms with Gasteiger partial charge in [-0.15, -0.1) is 0 Å². The number of carbonyl (C=O) groups is 2. The molecule has 0 spiro atoms. The zero-order chi connectivity index (χ0) is 21.3. The largest absolute Gasteiger partial charge is 0.503 e. The van der Waals surface area contributed by atoms with E-state index in [9.17, 15) is 14.7 Å². The summed E-state index contributed by atoms with van der Waals surface area (Å²) in [6.07, 6.45) is -1.90. The van der Waals surface area contributed by atoms with Gasteiger partial charge < -0.3 is 24.1 Å². The van der Waals surface area contributed by atoms with Gasteiger partial charge in [0.05, 0.1) is 30.5 Å². The van der Waals surface area contributed by atoms with Crippen molar-refractivity contribution < 1.29 is 33.6 Å². The fourth-order valence-electron chi connectivity index (χ4n) is 2.78. The Hall–Kier alpha value is -2.78. The van der Waals surface area contributed by atoms with Crippen LogP contribution >= 0.6 is 23.4 Å². The van der Waals surface area contributed by atoms with Crippen LogP contribution in [0.1, 0.15) is 13.8 Å². The lowest BCUT2D eigenvalue weighted by Gasteiger charge is -2.32. The fraction of sp³-hybridized carbons (Fsp3) is 0.263. The molecule has 0 aromatic heterocycles. The zero-order valence-electron chi connectivity index (χ0n) is 16.0. The van der Waals surface area contributed by atoms with E-state index in [1.807, 2.05) is 0 Å². The summed E-state index contributed by atoms with van der Waals surface area (Å²) in [7, 11) is 2.90. The molecule has 3 rings (SSSR count). The van der Waals surface area contributed by atoms with Gasteiger partial charge in [0.15, 0.2) is 11.5 Å². The van der Waals surface area contributed by atoms with Gasteiger partial charge in [-0.05, 0) is 18.2 Å². The number of anilines is 2. The SMILES string of the molecule is COc1ccc2c(c1)Sc1c(cc(OC)c(O)c1Cl)N2C(=O)OC(C)OC(C)=O. The first-order chi connectivity index (χ1) is 13.8. The normalized spacial score (nSPS) is 13.1. The minimum absolute atomic E-state index is 0.0312. The number of phenolic OH excluding ortho intramolecular Hbond substituents is 1. The van der Waals surface area contributed by atoms with Gasteiger partial charge in [0.2, 0.25) is 6.29 Å². The van der Waals surface area contributed by atoms with E-state index in [1.165, 1.54) is 50.8 Å². The molecule has 0 aliphatic carbocycles. The number of carbonyl (C=O) groups excluding carboxylic acids is 2. The summed E-state index contributed by atoms with van der Waals surface area (Å²) in [4.78, 5) is 26.5. The van der Waals surface area contributed by atoms with Crippen molar-refractivity contribution in [1.82, 2.24) is 0 Å². The first-order valence-corrected chi connectivity index (χ1v) is 9.59. The third kappa shape index (κ3) is 4.01. The second kappa shape index (κ2) is 8.30. The molecule has 29 heavy (non-hydrogen) atoms. The van der Waals surface area contributed by atoms with E-state index in [4.69, 9.17) is 30.5 Å². The molecule has 8 nitrogen and oxygen atoms in total. The van der Waals surface area contributed by atoms with Gasteiger partial charge in [0.25, 0.3) is 0 Å². The third-order valence-corrected chi connectivity index (χ3v) is 5.65. The number of hydrogen-bond donors (Lipinski definition) is 1. The van der Waals surface area contributed by atoms with Gasteiger partial charge in [0.1, 0.15) is 10.8 Å². The standard InChI is InChI=1S/C19H18ClNO7S/c1-9(22)27-10(2)28-19(24)21-12-6-5-11(25-3)7-15(12)29-18-13(21)8-14(26-4)17(23)16(18)20/h5-8,10,23H,1-4H3. The molecule has 1 heterocycles. The monoisotopic (exact) mass is 439 g/mol. The van der Waals surface area contributed by atoms with Crippen molar-refractivity contribution in [3.05, 3.63) is 29.3 Å². The molecule has 10 heteroatoms. The maximum atomic E-state index is 13.0. The van der Waals surface area contributed by atoms with E-state index < -0.39 is 18.4 Å². The van der Waals surface area contributed by atoms with E-state index in [0.717, 1.165) is 0 Å². The Kier molecular flexibility index (Phi) is 5.99. The van der Waals surface area contributed by atoms with Crippen LogP contribution in [0.2, 0.25) is 5.02 Å². The number of halogens is 1. The molecule has 1 unspecified atom stereocenters. The zero-order valence-corrected chi connectivity index (χ0v) is 17.6. The van der Waals surface area contributed by atoms with Crippen molar-refractivity contribution in [1.29, 1.82) is 0 Å². The van der Waals surface area contributed by atoms with Gasteiger partial charge in [-0.25, -0.2) is 9.69 Å². The third-order valence-electron chi connectivity index (χ3n) is 4.00. The highest BCUT2D eigenvalue weighted by Crippen LogP contribution is 2.56. The quantitative estimate of drug-likeness (QED) is 0.540. The predicted molar refractivity (Wildman–Crippen MR) is 107 cm³/mol. The van der Waals surface area contributed by atoms with Gasteiger partial charge in [-0.2, -0.15) is 0 Å². The number of fused-ring (bicyclic) bond motifs is 2. The predicted octanol–water partition coefficient (Wildman–Crippen LogP) is 4.71. The van der Waals surface area contributed by atoms with Crippen LogP contribution in [-0.2, 0) is 14.3 Å². The Morgan fingerprint density at radius 2 is 1.86 bits per heavy atom. The molecule has 0 bridgehead atoms. The van der Waals surface area contributed by atoms with E-state index >= 15 is 0 Å². The van der Waals surface area contributed by atoms with Gasteiger partial charge in [-0.1, -0.05) is 23.4 Å². The van der Waals surface area contributed by atoms with Crippen LogP contribution in [0.25, 0.3) is 0 Å². The van der Waals surface area contributed by atoms with Gasteiger partial charge >= 0.3 is 12.1 Å². The maximum absolute atomic E-state index is 13.0. The van der Waals surface area contributed by atoms with Crippen molar-refractivity contribution in [2.24, 2.45) is 0 Å². The molecule has 0 radical (unpaired) electrons. The Bertz CT molecular complexity index is 982. The number of hydrogen-bond acceptors (Lipinski definition) is 8. The topological polar surface area (TPSA) is 94.5 Å². The highest BCUT2D eigenvalue weighted by Gasteiger charge is 2.34. The molecule has 1 aliphatic rings. The number of esters is 1. The van der Waals surface area contributed by atoms with Crippen LogP contribution in [0.4, 0.5) is 16.2 Å². The second-order valence-corrected chi connectivity index (χ2v) is 7.35. The number of rotatable bonds is 4. The summed E-state index contributed by atoms with van der Waals surface area (Å²) in [5.41, 5.74) is 0.861. The Morgan fingerprint density at radius 3 is 2.48 bits per heavy atom. The van der Waals surface area contributed by atoms with E-state index in [0.29, 0.717) is 26.9 Å². The number of phenols is 1. The molecule has 1 amide bonds. The molecule has 154 valence electrons. The molecule has 1 N–H and O–H groups in total. The lowest BCUT2D eigenvalue weighted by molar-refractivity contribution is -0.161. The van der Waals surface area contributed by atoms with Crippen LogP contribution in [0.15, 0.2) is 34.1 Å². The van der Waals surface area contributed by atoms with E-state index in [2.05, 4.69) is 0 Å². The smallest absolute Gasteiger partial charge is 0.422 e. The van der Waals surface area contributed by atoms with Crippen LogP contribution in [0.3, 0.4) is 0 Å². The Balaban J connectivity index is 2.12. The summed E-state index contributed by atoms with van der Waals surface area (Å²) in [5.74, 6) is -0.152. The number of nitrogens with zero attached hydrogens (tertiary/aromatic N) is 1. The first-order valence-electron chi connectivity index (χ1n) is 8.40. The van der Waals surface area contributed by atoms with Crippen LogP contribution in [0.5, 0.6) is 17.2 Å². The van der Waals surface area contributed by atoms with Crippen LogP contribution in [0, 0.1) is 0 Å². The maximum Gasteiger partial charge on any atom is 0.422 e. The molecular weight excluding hydrogens is 422 g/mol. The summed E-state index contributed by atoms with van der Waals surface area (Å²) in [6, 6.07) is 6.60. The number of methoxy groups -OCH3 is 2. The minimum atomic E-state index is -1.10. The molecule has 0 saturated heterocycles. The van der Waals surface area contributed by atoms with Crippen molar-refractivity contribution in [2.45, 2.75) is 29.9 Å². The lowest BCUT2D eigenvalue weighted by Crippen LogP contribution is -2.33. The molecular formula is C19H18ClNO7S. The van der Waals surface area contributed by atoms with Crippen molar-refractivity contribution in [2.75, 3.05) is 19.1 Å². The number of aromatic hydroxyl groups is 1. The molecule has 1 aliphatic heterocycles. The number of amides is 1. The van der Waals surface area contributed by atoms with Crippen molar-refractivity contribution in [3.8, 4) is 17.2 Å². The highest BCUT2D eigenvalue weighted by molar-refractivity contribution is 8.00. The molecule has 2 aromatic carbocycles. The molecule has 0 saturated carbocycles. The minimum Gasteiger partial charge on any atom is -0.503 e. The molecule has 2 aromatic rings. The van der Waals surface area contributed by atoms with Crippen molar-refractivity contribution in [3.63, 3.8) is 0 Å². The Morgan fingerprint density at radius 1 is 1.14 bits per heavy atom. The summed E-state index contributed by atoms with van der Waals surface area (Å²) in [5, 5.41) is 10.3. The second-order valence-electron chi connectivity index (χ2n) is 5.92.